The number of benzene rings is 3. The first kappa shape index (κ1) is 18.2. The van der Waals surface area contributed by atoms with E-state index >= 15 is 0 Å². The Morgan fingerprint density at radius 3 is 2.59 bits per heavy atom. The lowest BCUT2D eigenvalue weighted by Gasteiger charge is -2.14. The molecule has 27 heavy (non-hydrogen) atoms. The van der Waals surface area contributed by atoms with E-state index in [1.807, 2.05) is 66.7 Å². The van der Waals surface area contributed by atoms with E-state index in [-0.39, 0.29) is 5.91 Å². The van der Waals surface area contributed by atoms with E-state index in [9.17, 15) is 4.79 Å². The van der Waals surface area contributed by atoms with Gasteiger partial charge in [0.1, 0.15) is 5.75 Å². The molecule has 3 nitrogen and oxygen atoms in total. The zero-order chi connectivity index (χ0) is 19.0. The van der Waals surface area contributed by atoms with Crippen LogP contribution in [0.25, 0.3) is 16.8 Å². The lowest BCUT2D eigenvalue weighted by molar-refractivity contribution is -0.113. The summed E-state index contributed by atoms with van der Waals surface area (Å²) in [6.07, 6.45) is 1.90. The fourth-order valence-corrected chi connectivity index (χ4v) is 4.72. The van der Waals surface area contributed by atoms with Gasteiger partial charge in [-0.3, -0.25) is 9.69 Å². The van der Waals surface area contributed by atoms with Gasteiger partial charge in [-0.1, -0.05) is 76.3 Å². The Balaban J connectivity index is 1.77. The highest BCUT2D eigenvalue weighted by Gasteiger charge is 2.33. The Kier molecular flexibility index (Phi) is 5.04. The number of thiocarbonyl (C=S) groups is 1. The molecule has 0 saturated carbocycles. The molecule has 0 radical (unpaired) electrons. The molecular weight excluding hydrogens is 442 g/mol. The summed E-state index contributed by atoms with van der Waals surface area (Å²) < 4.78 is 6.88. The second kappa shape index (κ2) is 7.46. The van der Waals surface area contributed by atoms with Crippen LogP contribution in [0.3, 0.4) is 0 Å². The summed E-state index contributed by atoms with van der Waals surface area (Å²) in [7, 11) is 1.66. The topological polar surface area (TPSA) is 29.5 Å². The molecule has 1 aliphatic rings. The highest BCUT2D eigenvalue weighted by atomic mass is 79.9. The van der Waals surface area contributed by atoms with Gasteiger partial charge in [0, 0.05) is 9.86 Å². The minimum atomic E-state index is -0.108. The number of methoxy groups -OCH3 is 1. The first-order chi connectivity index (χ1) is 13.1. The van der Waals surface area contributed by atoms with Gasteiger partial charge in [-0.25, -0.2) is 0 Å². The van der Waals surface area contributed by atoms with Crippen molar-refractivity contribution in [2.24, 2.45) is 0 Å². The van der Waals surface area contributed by atoms with Gasteiger partial charge in [0.25, 0.3) is 5.91 Å². The van der Waals surface area contributed by atoms with Crippen LogP contribution in [-0.4, -0.2) is 17.3 Å². The highest BCUT2D eigenvalue weighted by Crippen LogP contribution is 2.38. The van der Waals surface area contributed by atoms with Gasteiger partial charge in [0.05, 0.1) is 17.7 Å². The summed E-state index contributed by atoms with van der Waals surface area (Å²) in [6.45, 7) is 0. The van der Waals surface area contributed by atoms with Crippen LogP contribution in [0, 0.1) is 0 Å². The first-order valence-electron chi connectivity index (χ1n) is 8.18. The number of ether oxygens (including phenoxy) is 1. The van der Waals surface area contributed by atoms with E-state index in [4.69, 9.17) is 17.0 Å². The van der Waals surface area contributed by atoms with Crippen molar-refractivity contribution in [2.75, 3.05) is 12.0 Å². The van der Waals surface area contributed by atoms with Crippen LogP contribution in [0.5, 0.6) is 5.75 Å². The van der Waals surface area contributed by atoms with Gasteiger partial charge >= 0.3 is 0 Å². The van der Waals surface area contributed by atoms with E-state index < -0.39 is 0 Å². The van der Waals surface area contributed by atoms with Crippen molar-refractivity contribution in [2.45, 2.75) is 0 Å². The van der Waals surface area contributed by atoms with Crippen LogP contribution in [0.1, 0.15) is 5.56 Å². The third-order valence-corrected chi connectivity index (χ3v) is 6.08. The smallest absolute Gasteiger partial charge is 0.270 e. The quantitative estimate of drug-likeness (QED) is 0.356. The van der Waals surface area contributed by atoms with Crippen LogP contribution >= 0.6 is 39.9 Å². The zero-order valence-electron chi connectivity index (χ0n) is 14.3. The molecule has 1 aliphatic heterocycles. The lowest BCUT2D eigenvalue weighted by Crippen LogP contribution is -2.27. The highest BCUT2D eigenvalue weighted by molar-refractivity contribution is 9.10. The van der Waals surface area contributed by atoms with Crippen LogP contribution in [-0.2, 0) is 4.79 Å². The van der Waals surface area contributed by atoms with Crippen molar-refractivity contribution < 1.29 is 9.53 Å². The SMILES string of the molecule is COc1ccc(C=C2SC(=S)N(c3cccc(Br)c3)C2=O)c2ccccc12. The van der Waals surface area contributed by atoms with Gasteiger partial charge in [0.15, 0.2) is 4.32 Å². The molecule has 0 atom stereocenters. The average Bonchev–Trinajstić information content (AvgIpc) is 2.95. The van der Waals surface area contributed by atoms with Gasteiger partial charge < -0.3 is 4.74 Å². The van der Waals surface area contributed by atoms with Gasteiger partial charge in [-0.05, 0) is 41.3 Å². The molecule has 3 aromatic carbocycles. The number of nitrogens with zero attached hydrogens (tertiary/aromatic N) is 1. The van der Waals surface area contributed by atoms with E-state index in [0.29, 0.717) is 9.23 Å². The maximum atomic E-state index is 13.0. The molecule has 0 spiro atoms. The number of halogens is 1. The van der Waals surface area contributed by atoms with Gasteiger partial charge in [-0.2, -0.15) is 0 Å². The van der Waals surface area contributed by atoms with Crippen molar-refractivity contribution in [3.05, 3.63) is 75.6 Å². The maximum Gasteiger partial charge on any atom is 0.270 e. The number of hydrogen-bond acceptors (Lipinski definition) is 4. The van der Waals surface area contributed by atoms with Crippen LogP contribution in [0.2, 0.25) is 0 Å². The summed E-state index contributed by atoms with van der Waals surface area (Å²) in [6, 6.07) is 19.4. The fraction of sp³-hybridized carbons (Fsp3) is 0.0476. The molecule has 6 heteroatoms. The van der Waals surface area contributed by atoms with Gasteiger partial charge in [0.2, 0.25) is 0 Å². The summed E-state index contributed by atoms with van der Waals surface area (Å²) in [5, 5.41) is 2.04. The summed E-state index contributed by atoms with van der Waals surface area (Å²) in [5.41, 5.74) is 1.72. The molecule has 0 aliphatic carbocycles. The summed E-state index contributed by atoms with van der Waals surface area (Å²) >= 11 is 10.2. The van der Waals surface area contributed by atoms with E-state index in [0.717, 1.165) is 32.2 Å². The molecule has 1 heterocycles. The van der Waals surface area contributed by atoms with Gasteiger partial charge in [-0.15, -0.1) is 0 Å². The van der Waals surface area contributed by atoms with Crippen molar-refractivity contribution in [3.63, 3.8) is 0 Å². The molecule has 134 valence electrons. The number of thioether (sulfide) groups is 1. The minimum Gasteiger partial charge on any atom is -0.496 e. The monoisotopic (exact) mass is 455 g/mol. The molecule has 0 unspecified atom stereocenters. The molecule has 0 N–H and O–H groups in total. The van der Waals surface area contributed by atoms with Crippen molar-refractivity contribution in [1.82, 2.24) is 0 Å². The second-order valence-electron chi connectivity index (χ2n) is 5.90. The Morgan fingerprint density at radius 1 is 1.07 bits per heavy atom. The zero-order valence-corrected chi connectivity index (χ0v) is 17.5. The third-order valence-electron chi connectivity index (χ3n) is 4.28. The Hall–Kier alpha value is -2.15. The Morgan fingerprint density at radius 2 is 1.85 bits per heavy atom. The van der Waals surface area contributed by atoms with E-state index in [1.54, 1.807) is 12.0 Å². The van der Waals surface area contributed by atoms with Crippen molar-refractivity contribution in [3.8, 4) is 5.75 Å². The predicted molar refractivity (Wildman–Crippen MR) is 120 cm³/mol. The van der Waals surface area contributed by atoms with Crippen LogP contribution in [0.4, 0.5) is 5.69 Å². The third kappa shape index (κ3) is 3.40. The van der Waals surface area contributed by atoms with E-state index in [1.165, 1.54) is 11.8 Å². The number of hydrogen-bond donors (Lipinski definition) is 0. The summed E-state index contributed by atoms with van der Waals surface area (Å²) in [5.74, 6) is 0.701. The van der Waals surface area contributed by atoms with Crippen LogP contribution < -0.4 is 9.64 Å². The number of amides is 1. The number of fused-ring (bicyclic) bond motifs is 1. The van der Waals surface area contributed by atoms with Crippen LogP contribution in [0.15, 0.2) is 70.0 Å². The molecule has 4 rings (SSSR count). The molecular formula is C21H14BrNO2S2. The maximum absolute atomic E-state index is 13.0. The average molecular weight is 456 g/mol. The molecule has 1 amide bonds. The minimum absolute atomic E-state index is 0.108. The van der Waals surface area contributed by atoms with Crippen molar-refractivity contribution >= 4 is 72.7 Å². The number of carbonyl (C=O) groups excluding carboxylic acids is 1. The molecule has 1 fully saturated rings. The normalized spacial score (nSPS) is 15.8. The molecule has 0 bridgehead atoms. The standard InChI is InChI=1S/C21H14BrNO2S2/c1-25-18-10-9-13(16-7-2-3-8-17(16)18)11-19-20(24)23(21(26)27-19)15-6-4-5-14(22)12-15/h2-12H,1H3. The summed E-state index contributed by atoms with van der Waals surface area (Å²) in [4.78, 5) is 15.2. The number of anilines is 1. The Bertz CT molecular complexity index is 1110. The molecule has 3 aromatic rings. The van der Waals surface area contributed by atoms with Crippen molar-refractivity contribution in [1.29, 1.82) is 0 Å². The first-order valence-corrected chi connectivity index (χ1v) is 10.2. The largest absolute Gasteiger partial charge is 0.496 e. The molecule has 1 saturated heterocycles. The number of carbonyl (C=O) groups is 1. The second-order valence-corrected chi connectivity index (χ2v) is 8.49. The fourth-order valence-electron chi connectivity index (χ4n) is 3.05. The van der Waals surface area contributed by atoms with E-state index in [2.05, 4.69) is 15.9 Å². The lowest BCUT2D eigenvalue weighted by atomic mass is 10.0. The Labute approximate surface area is 175 Å². The predicted octanol–water partition coefficient (Wildman–Crippen LogP) is 6.02. The number of rotatable bonds is 3. The molecule has 0 aromatic heterocycles.